The van der Waals surface area contributed by atoms with Gasteiger partial charge in [0.1, 0.15) is 23.9 Å². The van der Waals surface area contributed by atoms with Gasteiger partial charge in [0.05, 0.1) is 19.2 Å². The number of nitrogens with zero attached hydrogens (tertiary/aromatic N) is 4. The van der Waals surface area contributed by atoms with Gasteiger partial charge in [0.2, 0.25) is 11.8 Å². The maximum absolute atomic E-state index is 14.5. The lowest BCUT2D eigenvalue weighted by atomic mass is 10.0. The van der Waals surface area contributed by atoms with Crippen LogP contribution in [0.5, 0.6) is 11.5 Å². The third-order valence-electron chi connectivity index (χ3n) is 7.07. The molecular weight excluding hydrogens is 513 g/mol. The zero-order valence-electron chi connectivity index (χ0n) is 22.5. The molecule has 5 rings (SSSR count). The van der Waals surface area contributed by atoms with Crippen LogP contribution in [-0.2, 0) is 16.1 Å². The highest BCUT2D eigenvalue weighted by molar-refractivity contribution is 6.01. The molecule has 3 aromatic carbocycles. The van der Waals surface area contributed by atoms with Crippen LogP contribution < -0.4 is 19.7 Å². The Balaban J connectivity index is 1.60. The molecule has 1 N–H and O–H groups in total. The number of nitrogens with one attached hydrogen (secondary N) is 1. The Kier molecular flexibility index (Phi) is 8.23. The van der Waals surface area contributed by atoms with Crippen LogP contribution in [0.2, 0.25) is 0 Å². The Bertz CT molecular complexity index is 1500. The number of anilines is 1. The predicted molar refractivity (Wildman–Crippen MR) is 149 cm³/mol. The zero-order chi connectivity index (χ0) is 28.1. The topological polar surface area (TPSA) is 98.6 Å². The van der Waals surface area contributed by atoms with Crippen molar-refractivity contribution in [1.82, 2.24) is 20.3 Å². The summed E-state index contributed by atoms with van der Waals surface area (Å²) >= 11 is 0. The summed E-state index contributed by atoms with van der Waals surface area (Å²) in [5.74, 6) is -0.408. The zero-order valence-corrected chi connectivity index (χ0v) is 22.5. The van der Waals surface area contributed by atoms with Crippen LogP contribution in [0.4, 0.5) is 10.1 Å². The Hall–Kier alpha value is -4.47. The monoisotopic (exact) mass is 545 g/mol. The number of fused-ring (bicyclic) bond motifs is 1. The largest absolute Gasteiger partial charge is 0.493 e. The first kappa shape index (κ1) is 27.1. The number of ether oxygens (including phenoxy) is 2. The molecule has 1 saturated carbocycles. The molecule has 40 heavy (non-hydrogen) atoms. The van der Waals surface area contributed by atoms with Gasteiger partial charge >= 0.3 is 0 Å². The maximum Gasteiger partial charge on any atom is 0.249 e. The normalized spacial score (nSPS) is 14.2. The van der Waals surface area contributed by atoms with E-state index < -0.39 is 17.8 Å². The van der Waals surface area contributed by atoms with Crippen molar-refractivity contribution in [3.8, 4) is 11.5 Å². The predicted octanol–water partition coefficient (Wildman–Crippen LogP) is 4.81. The fourth-order valence-corrected chi connectivity index (χ4v) is 5.20. The molecule has 2 amide bonds. The molecule has 1 atom stereocenters. The first-order valence-electron chi connectivity index (χ1n) is 13.5. The number of amides is 2. The molecule has 9 nitrogen and oxygen atoms in total. The van der Waals surface area contributed by atoms with Crippen molar-refractivity contribution < 1.29 is 23.5 Å². The van der Waals surface area contributed by atoms with Gasteiger partial charge in [-0.3, -0.25) is 14.5 Å². The van der Waals surface area contributed by atoms with Gasteiger partial charge in [0, 0.05) is 11.7 Å². The average Bonchev–Trinajstić information content (AvgIpc) is 3.62. The second-order valence-corrected chi connectivity index (χ2v) is 9.72. The molecule has 0 aliphatic heterocycles. The van der Waals surface area contributed by atoms with Crippen molar-refractivity contribution in [3.63, 3.8) is 0 Å². The summed E-state index contributed by atoms with van der Waals surface area (Å²) in [5.41, 5.74) is 2.05. The number of hydrogen-bond donors (Lipinski definition) is 1. The van der Waals surface area contributed by atoms with Gasteiger partial charge in [0.25, 0.3) is 0 Å². The molecule has 1 aliphatic rings. The lowest BCUT2D eigenvalue weighted by molar-refractivity contribution is -0.127. The summed E-state index contributed by atoms with van der Waals surface area (Å²) in [6.07, 6.45) is 3.78. The molecular formula is C30H32FN5O4. The maximum atomic E-state index is 14.5. The van der Waals surface area contributed by atoms with Crippen molar-refractivity contribution in [2.45, 2.75) is 51.2 Å². The number of rotatable bonds is 10. The van der Waals surface area contributed by atoms with Crippen LogP contribution in [0.3, 0.4) is 0 Å². The Morgan fingerprint density at radius 3 is 2.62 bits per heavy atom. The smallest absolute Gasteiger partial charge is 0.249 e. The van der Waals surface area contributed by atoms with Crippen molar-refractivity contribution >= 4 is 28.5 Å². The molecule has 0 saturated heterocycles. The molecule has 0 radical (unpaired) electrons. The molecule has 0 bridgehead atoms. The molecule has 1 heterocycles. The number of methoxy groups -OCH3 is 1. The molecule has 1 unspecified atom stereocenters. The van der Waals surface area contributed by atoms with E-state index in [4.69, 9.17) is 9.47 Å². The number of carbonyl (C=O) groups excluding carboxylic acids is 2. The van der Waals surface area contributed by atoms with Crippen molar-refractivity contribution in [1.29, 1.82) is 0 Å². The SMILES string of the molecule is CCOc1ccc(C(C(=O)NC2CCCC2)N(C(=O)Cn2nnc3ccccc32)c2cccc(F)c2)cc1OC. The van der Waals surface area contributed by atoms with Gasteiger partial charge in [-0.2, -0.15) is 0 Å². The minimum absolute atomic E-state index is 0.00307. The van der Waals surface area contributed by atoms with Crippen molar-refractivity contribution in [2.24, 2.45) is 0 Å². The highest BCUT2D eigenvalue weighted by Gasteiger charge is 2.35. The van der Waals surface area contributed by atoms with Gasteiger partial charge in [-0.25, -0.2) is 9.07 Å². The van der Waals surface area contributed by atoms with Crippen LogP contribution in [-0.4, -0.2) is 46.6 Å². The molecule has 0 spiro atoms. The Labute approximate surface area is 231 Å². The number of carbonyl (C=O) groups is 2. The number of benzene rings is 3. The summed E-state index contributed by atoms with van der Waals surface area (Å²) in [6.45, 7) is 2.09. The van der Waals surface area contributed by atoms with Gasteiger partial charge in [-0.05, 0) is 67.8 Å². The third-order valence-corrected chi connectivity index (χ3v) is 7.07. The fourth-order valence-electron chi connectivity index (χ4n) is 5.20. The Morgan fingerprint density at radius 1 is 1.07 bits per heavy atom. The number of aromatic nitrogens is 3. The van der Waals surface area contributed by atoms with E-state index >= 15 is 0 Å². The minimum atomic E-state index is -1.12. The van der Waals surface area contributed by atoms with Crippen LogP contribution in [0.15, 0.2) is 66.7 Å². The van der Waals surface area contributed by atoms with Gasteiger partial charge < -0.3 is 14.8 Å². The van der Waals surface area contributed by atoms with E-state index in [2.05, 4.69) is 15.6 Å². The first-order valence-corrected chi connectivity index (χ1v) is 13.5. The Morgan fingerprint density at radius 2 is 1.88 bits per heavy atom. The van der Waals surface area contributed by atoms with Gasteiger partial charge in [-0.15, -0.1) is 5.10 Å². The van der Waals surface area contributed by atoms with Crippen LogP contribution in [0.1, 0.15) is 44.2 Å². The second-order valence-electron chi connectivity index (χ2n) is 9.72. The summed E-state index contributed by atoms with van der Waals surface area (Å²) < 4.78 is 27.2. The first-order chi connectivity index (χ1) is 19.5. The standard InChI is InChI=1S/C30H32FN5O4/c1-3-40-26-16-15-20(17-27(26)39-2)29(30(38)32-22-10-4-5-11-22)36(23-12-8-9-21(31)18-23)28(37)19-35-25-14-7-6-13-24(25)33-34-35/h6-9,12-18,22,29H,3-5,10-11,19H2,1-2H3,(H,32,38). The average molecular weight is 546 g/mol. The quantitative estimate of drug-likeness (QED) is 0.307. The second kappa shape index (κ2) is 12.1. The van der Waals surface area contributed by atoms with E-state index in [0.29, 0.717) is 34.7 Å². The number of hydrogen-bond acceptors (Lipinski definition) is 6. The van der Waals surface area contributed by atoms with E-state index in [1.165, 1.54) is 34.9 Å². The van der Waals surface area contributed by atoms with Gasteiger partial charge in [-0.1, -0.05) is 42.3 Å². The summed E-state index contributed by atoms with van der Waals surface area (Å²) in [6, 6.07) is 17.0. The highest BCUT2D eigenvalue weighted by atomic mass is 19.1. The summed E-state index contributed by atoms with van der Waals surface area (Å²) in [7, 11) is 1.51. The summed E-state index contributed by atoms with van der Waals surface area (Å²) in [5, 5.41) is 11.4. The number of halogens is 1. The fraction of sp³-hybridized carbons (Fsp3) is 0.333. The molecule has 10 heteroatoms. The van der Waals surface area contributed by atoms with Crippen LogP contribution >= 0.6 is 0 Å². The van der Waals surface area contributed by atoms with Crippen LogP contribution in [0, 0.1) is 5.82 Å². The lowest BCUT2D eigenvalue weighted by Crippen LogP contribution is -2.47. The van der Waals surface area contributed by atoms with E-state index in [1.54, 1.807) is 30.3 Å². The van der Waals surface area contributed by atoms with Gasteiger partial charge in [0.15, 0.2) is 11.5 Å². The van der Waals surface area contributed by atoms with E-state index in [9.17, 15) is 14.0 Å². The van der Waals surface area contributed by atoms with E-state index in [0.717, 1.165) is 25.7 Å². The highest BCUT2D eigenvalue weighted by Crippen LogP contribution is 2.35. The van der Waals surface area contributed by atoms with E-state index in [1.807, 2.05) is 25.1 Å². The molecule has 1 aromatic heterocycles. The lowest BCUT2D eigenvalue weighted by Gasteiger charge is -2.32. The molecule has 208 valence electrons. The third kappa shape index (κ3) is 5.75. The molecule has 1 fully saturated rings. The minimum Gasteiger partial charge on any atom is -0.493 e. The van der Waals surface area contributed by atoms with E-state index in [-0.39, 0.29) is 24.2 Å². The number of para-hydroxylation sites is 1. The summed E-state index contributed by atoms with van der Waals surface area (Å²) in [4.78, 5) is 29.5. The van der Waals surface area contributed by atoms with Crippen LogP contribution in [0.25, 0.3) is 11.0 Å². The van der Waals surface area contributed by atoms with Crippen molar-refractivity contribution in [2.75, 3.05) is 18.6 Å². The molecule has 1 aliphatic carbocycles. The molecule has 4 aromatic rings. The van der Waals surface area contributed by atoms with Crippen molar-refractivity contribution in [3.05, 3.63) is 78.1 Å².